The van der Waals surface area contributed by atoms with Crippen LogP contribution < -0.4 is 5.73 Å². The summed E-state index contributed by atoms with van der Waals surface area (Å²) in [5.41, 5.74) is 7.38. The predicted molar refractivity (Wildman–Crippen MR) is 71.4 cm³/mol. The molecule has 0 spiro atoms. The van der Waals surface area contributed by atoms with E-state index in [1.807, 2.05) is 12.1 Å². The summed E-state index contributed by atoms with van der Waals surface area (Å²) >= 11 is 0. The fourth-order valence-corrected chi connectivity index (χ4v) is 2.81. The van der Waals surface area contributed by atoms with Gasteiger partial charge in [-0.25, -0.2) is 0 Å². The number of benzene rings is 1. The molecule has 1 atom stereocenters. The summed E-state index contributed by atoms with van der Waals surface area (Å²) in [4.78, 5) is 10.2. The third-order valence-corrected chi connectivity index (χ3v) is 3.76. The monoisotopic (exact) mass is 248 g/mol. The maximum Gasteiger partial charge on any atom is 0.269 e. The minimum absolute atomic E-state index is 0.142. The molecule has 0 saturated heterocycles. The summed E-state index contributed by atoms with van der Waals surface area (Å²) < 4.78 is 0. The van der Waals surface area contributed by atoms with E-state index in [0.717, 1.165) is 24.3 Å². The summed E-state index contributed by atoms with van der Waals surface area (Å²) in [5, 5.41) is 10.5. The number of hydrogen-bond donors (Lipinski definition) is 1. The molecule has 0 bridgehead atoms. The Hall–Kier alpha value is -1.42. The molecule has 2 N–H and O–H groups in total. The van der Waals surface area contributed by atoms with Gasteiger partial charge >= 0.3 is 0 Å². The van der Waals surface area contributed by atoms with Gasteiger partial charge in [0.1, 0.15) is 0 Å². The number of nitrogens with two attached hydrogens (primary N) is 1. The van der Waals surface area contributed by atoms with Crippen molar-refractivity contribution in [2.75, 3.05) is 0 Å². The normalized spacial score (nSPS) is 17.8. The van der Waals surface area contributed by atoms with E-state index < -0.39 is 0 Å². The lowest BCUT2D eigenvalue weighted by Gasteiger charge is -2.16. The molecule has 1 aliphatic rings. The molecule has 1 saturated carbocycles. The molecular formula is C14H20N2O2. The molecule has 2 rings (SSSR count). The van der Waals surface area contributed by atoms with Crippen LogP contribution in [0.1, 0.15) is 37.7 Å². The lowest BCUT2D eigenvalue weighted by atomic mass is 9.94. The first-order valence-electron chi connectivity index (χ1n) is 6.64. The number of rotatable bonds is 5. The number of non-ortho nitro benzene ring substituents is 1. The molecule has 1 unspecified atom stereocenters. The maximum absolute atomic E-state index is 10.5. The van der Waals surface area contributed by atoms with Crippen LogP contribution in [0.15, 0.2) is 24.3 Å². The van der Waals surface area contributed by atoms with Gasteiger partial charge in [0.05, 0.1) is 4.92 Å². The Bertz CT molecular complexity index is 397. The Balaban J connectivity index is 1.86. The molecule has 98 valence electrons. The number of nitrogens with zero attached hydrogens (tertiary/aromatic N) is 1. The zero-order valence-corrected chi connectivity index (χ0v) is 10.5. The van der Waals surface area contributed by atoms with Gasteiger partial charge in [-0.15, -0.1) is 0 Å². The molecule has 1 aliphatic carbocycles. The van der Waals surface area contributed by atoms with Crippen molar-refractivity contribution in [2.24, 2.45) is 11.7 Å². The van der Waals surface area contributed by atoms with Gasteiger partial charge in [-0.1, -0.05) is 37.8 Å². The van der Waals surface area contributed by atoms with Gasteiger partial charge in [0.2, 0.25) is 0 Å². The van der Waals surface area contributed by atoms with Crippen LogP contribution in [-0.2, 0) is 6.42 Å². The molecular weight excluding hydrogens is 228 g/mol. The van der Waals surface area contributed by atoms with Gasteiger partial charge in [0.15, 0.2) is 0 Å². The largest absolute Gasteiger partial charge is 0.327 e. The molecule has 4 nitrogen and oxygen atoms in total. The zero-order valence-electron chi connectivity index (χ0n) is 10.5. The summed E-state index contributed by atoms with van der Waals surface area (Å²) in [6, 6.07) is 6.91. The summed E-state index contributed by atoms with van der Waals surface area (Å²) in [7, 11) is 0. The van der Waals surface area contributed by atoms with Crippen molar-refractivity contribution < 1.29 is 4.92 Å². The van der Waals surface area contributed by atoms with Gasteiger partial charge in [0.25, 0.3) is 5.69 Å². The van der Waals surface area contributed by atoms with Crippen LogP contribution >= 0.6 is 0 Å². The van der Waals surface area contributed by atoms with Gasteiger partial charge in [0, 0.05) is 18.2 Å². The quantitative estimate of drug-likeness (QED) is 0.643. The van der Waals surface area contributed by atoms with Crippen LogP contribution in [0.2, 0.25) is 0 Å². The standard InChI is InChI=1S/C14H20N2O2/c15-13(9-11-3-1-2-4-11)10-12-5-7-14(8-6-12)16(17)18/h5-8,11,13H,1-4,9-10,15H2. The first kappa shape index (κ1) is 13.0. The van der Waals surface area contributed by atoms with Crippen molar-refractivity contribution in [3.8, 4) is 0 Å². The number of hydrogen-bond acceptors (Lipinski definition) is 3. The van der Waals surface area contributed by atoms with E-state index in [4.69, 9.17) is 5.73 Å². The Kier molecular flexibility index (Phi) is 4.31. The van der Waals surface area contributed by atoms with Gasteiger partial charge in [-0.3, -0.25) is 10.1 Å². The molecule has 4 heteroatoms. The Labute approximate surface area is 107 Å². The third-order valence-electron chi connectivity index (χ3n) is 3.76. The van der Waals surface area contributed by atoms with Crippen LogP contribution in [0.5, 0.6) is 0 Å². The van der Waals surface area contributed by atoms with E-state index in [2.05, 4.69) is 0 Å². The van der Waals surface area contributed by atoms with E-state index in [1.165, 1.54) is 25.7 Å². The fraction of sp³-hybridized carbons (Fsp3) is 0.571. The molecule has 0 heterocycles. The van der Waals surface area contributed by atoms with E-state index in [0.29, 0.717) is 0 Å². The van der Waals surface area contributed by atoms with Crippen LogP contribution in [0, 0.1) is 16.0 Å². The van der Waals surface area contributed by atoms with Gasteiger partial charge in [-0.05, 0) is 24.3 Å². The van der Waals surface area contributed by atoms with Crippen LogP contribution in [0.3, 0.4) is 0 Å². The fourth-order valence-electron chi connectivity index (χ4n) is 2.81. The van der Waals surface area contributed by atoms with Crippen molar-refractivity contribution in [3.05, 3.63) is 39.9 Å². The highest BCUT2D eigenvalue weighted by Crippen LogP contribution is 2.28. The maximum atomic E-state index is 10.5. The molecule has 1 aromatic carbocycles. The zero-order chi connectivity index (χ0) is 13.0. The molecule has 0 radical (unpaired) electrons. The minimum Gasteiger partial charge on any atom is -0.327 e. The molecule has 0 aliphatic heterocycles. The van der Waals surface area contributed by atoms with Crippen LogP contribution in [-0.4, -0.2) is 11.0 Å². The third kappa shape index (κ3) is 3.53. The first-order valence-corrected chi connectivity index (χ1v) is 6.64. The van der Waals surface area contributed by atoms with Crippen LogP contribution in [0.4, 0.5) is 5.69 Å². The highest BCUT2D eigenvalue weighted by atomic mass is 16.6. The lowest BCUT2D eigenvalue weighted by Crippen LogP contribution is -2.25. The van der Waals surface area contributed by atoms with Crippen molar-refractivity contribution in [1.82, 2.24) is 0 Å². The highest BCUT2D eigenvalue weighted by molar-refractivity contribution is 5.33. The van der Waals surface area contributed by atoms with Crippen molar-refractivity contribution in [3.63, 3.8) is 0 Å². The number of nitro benzene ring substituents is 1. The summed E-state index contributed by atoms with van der Waals surface area (Å²) in [6.45, 7) is 0. The summed E-state index contributed by atoms with van der Waals surface area (Å²) in [5.74, 6) is 0.790. The molecule has 0 amide bonds. The van der Waals surface area contributed by atoms with Crippen molar-refractivity contribution >= 4 is 5.69 Å². The molecule has 18 heavy (non-hydrogen) atoms. The van der Waals surface area contributed by atoms with E-state index >= 15 is 0 Å². The highest BCUT2D eigenvalue weighted by Gasteiger charge is 2.18. The Morgan fingerprint density at radius 3 is 2.44 bits per heavy atom. The first-order chi connectivity index (χ1) is 8.65. The Morgan fingerprint density at radius 2 is 1.89 bits per heavy atom. The topological polar surface area (TPSA) is 69.2 Å². The Morgan fingerprint density at radius 1 is 1.28 bits per heavy atom. The molecule has 0 aromatic heterocycles. The smallest absolute Gasteiger partial charge is 0.269 e. The second-order valence-corrected chi connectivity index (χ2v) is 5.27. The van der Waals surface area contributed by atoms with Gasteiger partial charge in [-0.2, -0.15) is 0 Å². The van der Waals surface area contributed by atoms with Crippen molar-refractivity contribution in [2.45, 2.75) is 44.6 Å². The van der Waals surface area contributed by atoms with E-state index in [9.17, 15) is 10.1 Å². The average molecular weight is 248 g/mol. The van der Waals surface area contributed by atoms with Crippen LogP contribution in [0.25, 0.3) is 0 Å². The average Bonchev–Trinajstić information content (AvgIpc) is 2.82. The number of nitro groups is 1. The van der Waals surface area contributed by atoms with E-state index in [1.54, 1.807) is 12.1 Å². The minimum atomic E-state index is -0.373. The predicted octanol–water partition coefficient (Wildman–Crippen LogP) is 3.04. The van der Waals surface area contributed by atoms with E-state index in [-0.39, 0.29) is 16.7 Å². The SMILES string of the molecule is NC(Cc1ccc([N+](=O)[O-])cc1)CC1CCCC1. The second kappa shape index (κ2) is 5.96. The lowest BCUT2D eigenvalue weighted by molar-refractivity contribution is -0.384. The molecule has 1 aromatic rings. The second-order valence-electron chi connectivity index (χ2n) is 5.27. The summed E-state index contributed by atoms with van der Waals surface area (Å²) in [6.07, 6.45) is 7.21. The molecule has 1 fully saturated rings. The van der Waals surface area contributed by atoms with Gasteiger partial charge < -0.3 is 5.73 Å². The van der Waals surface area contributed by atoms with Crippen molar-refractivity contribution in [1.29, 1.82) is 0 Å².